The smallest absolute Gasteiger partial charge is 0.122 e. The van der Waals surface area contributed by atoms with Gasteiger partial charge in [-0.25, -0.2) is 0 Å². The summed E-state index contributed by atoms with van der Waals surface area (Å²) in [5, 5.41) is 12.4. The van der Waals surface area contributed by atoms with E-state index in [1.807, 2.05) is 12.1 Å². The zero-order valence-electron chi connectivity index (χ0n) is 9.53. The van der Waals surface area contributed by atoms with Gasteiger partial charge in [-0.1, -0.05) is 0 Å². The van der Waals surface area contributed by atoms with Crippen LogP contribution in [0.5, 0.6) is 5.75 Å². The van der Waals surface area contributed by atoms with E-state index in [0.29, 0.717) is 19.8 Å². The summed E-state index contributed by atoms with van der Waals surface area (Å²) in [6.45, 7) is 2.48. The van der Waals surface area contributed by atoms with E-state index < -0.39 is 0 Å². The molecule has 88 valence electrons. The normalized spacial score (nSPS) is 19.7. The summed E-state index contributed by atoms with van der Waals surface area (Å²) < 4.78 is 10.6. The second-order valence-electron chi connectivity index (χ2n) is 4.66. The molecule has 1 N–H and O–H groups in total. The number of fused-ring (bicyclic) bond motifs is 1. The maximum atomic E-state index is 9.08. The Bertz CT molecular complexity index is 475. The van der Waals surface area contributed by atoms with Crippen LogP contribution in [0.15, 0.2) is 18.2 Å². The van der Waals surface area contributed by atoms with Crippen LogP contribution < -0.4 is 10.1 Å². The van der Waals surface area contributed by atoms with Gasteiger partial charge < -0.3 is 14.8 Å². The van der Waals surface area contributed by atoms with E-state index >= 15 is 0 Å². The molecule has 0 saturated carbocycles. The van der Waals surface area contributed by atoms with Crippen LogP contribution in [0.4, 0.5) is 5.69 Å². The van der Waals surface area contributed by atoms with Gasteiger partial charge in [-0.15, -0.1) is 0 Å². The van der Waals surface area contributed by atoms with Crippen molar-refractivity contribution in [3.05, 3.63) is 23.8 Å². The fraction of sp³-hybridized carbons (Fsp3) is 0.462. The summed E-state index contributed by atoms with van der Waals surface area (Å²) in [5.74, 6) is 0.984. The summed E-state index contributed by atoms with van der Waals surface area (Å²) in [6, 6.07) is 8.41. The van der Waals surface area contributed by atoms with E-state index in [-0.39, 0.29) is 5.41 Å². The lowest BCUT2D eigenvalue weighted by atomic mass is 9.88. The average Bonchev–Trinajstić information content (AvgIpc) is 2.75. The molecule has 3 rings (SSSR count). The molecule has 1 saturated heterocycles. The molecule has 0 radical (unpaired) electrons. The maximum Gasteiger partial charge on any atom is 0.122 e. The van der Waals surface area contributed by atoms with E-state index in [1.54, 1.807) is 0 Å². The molecule has 0 atom stereocenters. The van der Waals surface area contributed by atoms with Gasteiger partial charge in [0.1, 0.15) is 11.2 Å². The van der Waals surface area contributed by atoms with Crippen molar-refractivity contribution in [2.24, 2.45) is 5.41 Å². The van der Waals surface area contributed by atoms with Crippen molar-refractivity contribution in [2.75, 3.05) is 31.7 Å². The number of hydrogen-bond acceptors (Lipinski definition) is 4. The molecule has 2 heterocycles. The first-order valence-electron chi connectivity index (χ1n) is 5.80. The Labute approximate surface area is 100 Å². The summed E-state index contributed by atoms with van der Waals surface area (Å²) in [4.78, 5) is 0. The molecule has 0 amide bonds. The van der Waals surface area contributed by atoms with Gasteiger partial charge in [0.15, 0.2) is 0 Å². The van der Waals surface area contributed by atoms with Gasteiger partial charge in [0.05, 0.1) is 25.9 Å². The van der Waals surface area contributed by atoms with Crippen molar-refractivity contribution in [1.29, 1.82) is 5.26 Å². The predicted molar refractivity (Wildman–Crippen MR) is 63.0 cm³/mol. The molecule has 2 aliphatic rings. The monoisotopic (exact) mass is 230 g/mol. The lowest BCUT2D eigenvalue weighted by molar-refractivity contribution is -0.0690. The van der Waals surface area contributed by atoms with Crippen LogP contribution in [0, 0.1) is 16.7 Å². The molecular formula is C13H14N2O2. The summed E-state index contributed by atoms with van der Waals surface area (Å²) in [5.41, 5.74) is 1.96. The molecule has 0 aliphatic carbocycles. The molecule has 4 heteroatoms. The van der Waals surface area contributed by atoms with E-state index in [2.05, 4.69) is 17.5 Å². The molecule has 4 nitrogen and oxygen atoms in total. The van der Waals surface area contributed by atoms with Crippen LogP contribution in [0.2, 0.25) is 0 Å². The number of nitriles is 1. The van der Waals surface area contributed by atoms with Crippen LogP contribution in [-0.4, -0.2) is 26.4 Å². The molecule has 2 aliphatic heterocycles. The van der Waals surface area contributed by atoms with Crippen molar-refractivity contribution in [3.8, 4) is 11.8 Å². The molecule has 1 aromatic rings. The third kappa shape index (κ3) is 1.83. The highest BCUT2D eigenvalue weighted by Gasteiger charge is 2.38. The first-order chi connectivity index (χ1) is 8.31. The first-order valence-corrected chi connectivity index (χ1v) is 5.80. The van der Waals surface area contributed by atoms with Gasteiger partial charge in [0.25, 0.3) is 0 Å². The standard InChI is InChI=1S/C13H14N2O2/c14-6-13(8-16-9-13)7-15-11-1-2-12-10(5-11)3-4-17-12/h1-2,5,15H,3-4,7-9H2. The molecule has 0 spiro atoms. The highest BCUT2D eigenvalue weighted by molar-refractivity contribution is 5.52. The SMILES string of the molecule is N#CC1(CNc2ccc3c(c2)CCO3)COC1. The topological polar surface area (TPSA) is 54.3 Å². The Balaban J connectivity index is 1.68. The Morgan fingerprint density at radius 1 is 1.41 bits per heavy atom. The Morgan fingerprint density at radius 3 is 3.00 bits per heavy atom. The van der Waals surface area contributed by atoms with Crippen LogP contribution >= 0.6 is 0 Å². The van der Waals surface area contributed by atoms with Crippen LogP contribution in [0.25, 0.3) is 0 Å². The van der Waals surface area contributed by atoms with Crippen molar-refractivity contribution < 1.29 is 9.47 Å². The number of nitrogens with one attached hydrogen (secondary N) is 1. The first kappa shape index (κ1) is 10.4. The van der Waals surface area contributed by atoms with Crippen molar-refractivity contribution in [1.82, 2.24) is 0 Å². The minimum absolute atomic E-state index is 0.338. The highest BCUT2D eigenvalue weighted by Crippen LogP contribution is 2.30. The third-order valence-corrected chi connectivity index (χ3v) is 3.31. The van der Waals surface area contributed by atoms with Gasteiger partial charge >= 0.3 is 0 Å². The molecule has 0 aromatic heterocycles. The van der Waals surface area contributed by atoms with E-state index in [4.69, 9.17) is 14.7 Å². The minimum Gasteiger partial charge on any atom is -0.493 e. The number of ether oxygens (including phenoxy) is 2. The van der Waals surface area contributed by atoms with E-state index in [0.717, 1.165) is 24.5 Å². The van der Waals surface area contributed by atoms with Crippen LogP contribution in [0.3, 0.4) is 0 Å². The lowest BCUT2D eigenvalue weighted by Crippen LogP contribution is -2.46. The second-order valence-corrected chi connectivity index (χ2v) is 4.66. The molecule has 1 fully saturated rings. The Kier molecular flexibility index (Phi) is 2.41. The van der Waals surface area contributed by atoms with E-state index in [9.17, 15) is 0 Å². The molecule has 1 aromatic carbocycles. The Morgan fingerprint density at radius 2 is 2.29 bits per heavy atom. The average molecular weight is 230 g/mol. The van der Waals surface area contributed by atoms with Crippen molar-refractivity contribution in [2.45, 2.75) is 6.42 Å². The molecule has 0 bridgehead atoms. The third-order valence-electron chi connectivity index (χ3n) is 3.31. The van der Waals surface area contributed by atoms with Gasteiger partial charge in [-0.05, 0) is 23.8 Å². The van der Waals surface area contributed by atoms with Crippen LogP contribution in [0.1, 0.15) is 5.56 Å². The highest BCUT2D eigenvalue weighted by atomic mass is 16.5. The summed E-state index contributed by atoms with van der Waals surface area (Å²) in [7, 11) is 0. The van der Waals surface area contributed by atoms with Crippen molar-refractivity contribution >= 4 is 5.69 Å². The maximum absolute atomic E-state index is 9.08. The van der Waals surface area contributed by atoms with Gasteiger partial charge in [-0.2, -0.15) is 5.26 Å². The fourth-order valence-electron chi connectivity index (χ4n) is 2.12. The predicted octanol–water partition coefficient (Wildman–Crippen LogP) is 1.57. The zero-order valence-corrected chi connectivity index (χ0v) is 9.53. The largest absolute Gasteiger partial charge is 0.493 e. The lowest BCUT2D eigenvalue weighted by Gasteiger charge is -2.35. The van der Waals surface area contributed by atoms with Gasteiger partial charge in [-0.3, -0.25) is 0 Å². The zero-order chi connectivity index (χ0) is 11.7. The fourth-order valence-corrected chi connectivity index (χ4v) is 2.12. The van der Waals surface area contributed by atoms with Gasteiger partial charge in [0.2, 0.25) is 0 Å². The number of benzene rings is 1. The van der Waals surface area contributed by atoms with Crippen LogP contribution in [-0.2, 0) is 11.2 Å². The van der Waals surface area contributed by atoms with E-state index in [1.165, 1.54) is 5.56 Å². The number of hydrogen-bond donors (Lipinski definition) is 1. The molecule has 0 unspecified atom stereocenters. The van der Waals surface area contributed by atoms with Gasteiger partial charge in [0, 0.05) is 18.7 Å². The van der Waals surface area contributed by atoms with Crippen molar-refractivity contribution in [3.63, 3.8) is 0 Å². The summed E-state index contributed by atoms with van der Waals surface area (Å²) in [6.07, 6.45) is 0.970. The molecule has 17 heavy (non-hydrogen) atoms. The number of anilines is 1. The quantitative estimate of drug-likeness (QED) is 0.856. The second kappa shape index (κ2) is 3.94. The minimum atomic E-state index is -0.338. The Hall–Kier alpha value is -1.73. The molecular weight excluding hydrogens is 216 g/mol. The summed E-state index contributed by atoms with van der Waals surface area (Å²) >= 11 is 0. The number of nitrogens with zero attached hydrogens (tertiary/aromatic N) is 1. The number of rotatable bonds is 3.